The third-order valence-corrected chi connectivity index (χ3v) is 5.81. The lowest BCUT2D eigenvalue weighted by Gasteiger charge is -2.19. The van der Waals surface area contributed by atoms with Crippen molar-refractivity contribution >= 4 is 39.4 Å². The average Bonchev–Trinajstić information content (AvgIpc) is 3.35. The first-order chi connectivity index (χ1) is 17.7. The number of fused-ring (bicyclic) bond motifs is 3. The SMILES string of the molecule is O=C(COC(=O)c1cccc2cccc(-c3nc4ccccc4o3)c12)Nc1ccc2c(c1)OCCO2. The largest absolute Gasteiger partial charge is 0.486 e. The fraction of sp³-hybridized carbons (Fsp3) is 0.107. The minimum atomic E-state index is -0.624. The Morgan fingerprint density at radius 3 is 2.56 bits per heavy atom. The van der Waals surface area contributed by atoms with Crippen molar-refractivity contribution in [2.24, 2.45) is 0 Å². The van der Waals surface area contributed by atoms with E-state index in [2.05, 4.69) is 10.3 Å². The van der Waals surface area contributed by atoms with Crippen molar-refractivity contribution in [2.45, 2.75) is 0 Å². The first-order valence-electron chi connectivity index (χ1n) is 11.4. The maximum atomic E-state index is 13.1. The number of esters is 1. The number of nitrogens with zero attached hydrogens (tertiary/aromatic N) is 1. The van der Waals surface area contributed by atoms with E-state index in [0.717, 1.165) is 10.9 Å². The summed E-state index contributed by atoms with van der Waals surface area (Å²) in [5, 5.41) is 4.18. The first-order valence-corrected chi connectivity index (χ1v) is 11.4. The maximum absolute atomic E-state index is 13.1. The Balaban J connectivity index is 1.23. The van der Waals surface area contributed by atoms with Crippen molar-refractivity contribution in [2.75, 3.05) is 25.1 Å². The highest BCUT2D eigenvalue weighted by atomic mass is 16.6. The molecule has 36 heavy (non-hydrogen) atoms. The van der Waals surface area contributed by atoms with Crippen molar-refractivity contribution in [3.05, 3.63) is 84.4 Å². The van der Waals surface area contributed by atoms with Gasteiger partial charge < -0.3 is 23.9 Å². The summed E-state index contributed by atoms with van der Waals surface area (Å²) in [5.74, 6) is 0.481. The summed E-state index contributed by atoms with van der Waals surface area (Å²) in [4.78, 5) is 30.1. The normalized spacial score (nSPS) is 12.4. The molecular formula is C28H20N2O6. The molecule has 8 heteroatoms. The van der Waals surface area contributed by atoms with Crippen molar-refractivity contribution in [1.82, 2.24) is 4.98 Å². The highest BCUT2D eigenvalue weighted by Gasteiger charge is 2.19. The Labute approximate surface area is 205 Å². The molecule has 1 aliphatic rings. The van der Waals surface area contributed by atoms with Gasteiger partial charge in [0, 0.05) is 22.7 Å². The van der Waals surface area contributed by atoms with Gasteiger partial charge >= 0.3 is 5.97 Å². The van der Waals surface area contributed by atoms with Gasteiger partial charge in [0.15, 0.2) is 23.7 Å². The molecule has 0 unspecified atom stereocenters. The van der Waals surface area contributed by atoms with Crippen molar-refractivity contribution in [3.63, 3.8) is 0 Å². The molecule has 1 N–H and O–H groups in total. The van der Waals surface area contributed by atoms with Crippen LogP contribution in [0.3, 0.4) is 0 Å². The van der Waals surface area contributed by atoms with E-state index in [-0.39, 0.29) is 0 Å². The van der Waals surface area contributed by atoms with E-state index in [0.29, 0.717) is 58.4 Å². The van der Waals surface area contributed by atoms with E-state index >= 15 is 0 Å². The number of amides is 1. The van der Waals surface area contributed by atoms with Gasteiger partial charge in [0.05, 0.1) is 5.56 Å². The number of hydrogen-bond acceptors (Lipinski definition) is 7. The second-order valence-electron chi connectivity index (χ2n) is 8.18. The molecule has 8 nitrogen and oxygen atoms in total. The number of oxazole rings is 1. The van der Waals surface area contributed by atoms with Gasteiger partial charge in [-0.25, -0.2) is 9.78 Å². The Kier molecular flexibility index (Phi) is 5.46. The zero-order valence-electron chi connectivity index (χ0n) is 19.0. The molecule has 2 heterocycles. The third kappa shape index (κ3) is 4.09. The quantitative estimate of drug-likeness (QED) is 0.345. The molecule has 0 radical (unpaired) electrons. The molecule has 4 aromatic carbocycles. The monoisotopic (exact) mass is 480 g/mol. The molecule has 6 rings (SSSR count). The molecule has 0 aliphatic carbocycles. The molecule has 0 saturated heterocycles. The van der Waals surface area contributed by atoms with Gasteiger partial charge in [-0.2, -0.15) is 0 Å². The number of carbonyl (C=O) groups is 2. The minimum absolute atomic E-state index is 0.317. The van der Waals surface area contributed by atoms with Gasteiger partial charge in [-0.3, -0.25) is 4.79 Å². The van der Waals surface area contributed by atoms with E-state index in [4.69, 9.17) is 18.6 Å². The second-order valence-corrected chi connectivity index (χ2v) is 8.18. The van der Waals surface area contributed by atoms with Crippen molar-refractivity contribution in [1.29, 1.82) is 0 Å². The fourth-order valence-electron chi connectivity index (χ4n) is 4.20. The molecule has 0 saturated carbocycles. The summed E-state index contributed by atoms with van der Waals surface area (Å²) in [6.45, 7) is 0.476. The van der Waals surface area contributed by atoms with E-state index in [1.165, 1.54) is 0 Å². The predicted octanol–water partition coefficient (Wildman–Crippen LogP) is 5.21. The van der Waals surface area contributed by atoms with Crippen molar-refractivity contribution in [3.8, 4) is 23.0 Å². The van der Waals surface area contributed by atoms with E-state index in [1.54, 1.807) is 30.3 Å². The summed E-state index contributed by atoms with van der Waals surface area (Å²) in [5.41, 5.74) is 2.87. The van der Waals surface area contributed by atoms with Gasteiger partial charge in [0.2, 0.25) is 5.89 Å². The van der Waals surface area contributed by atoms with Crippen LogP contribution in [0.15, 0.2) is 83.3 Å². The number of hydrogen-bond donors (Lipinski definition) is 1. The number of carbonyl (C=O) groups excluding carboxylic acids is 2. The second kappa shape index (κ2) is 9.07. The van der Waals surface area contributed by atoms with Crippen LogP contribution in [0.4, 0.5) is 5.69 Å². The number of nitrogens with one attached hydrogen (secondary N) is 1. The molecule has 0 atom stereocenters. The number of anilines is 1. The number of rotatable bonds is 5. The highest BCUT2D eigenvalue weighted by Crippen LogP contribution is 2.34. The Morgan fingerprint density at radius 2 is 1.69 bits per heavy atom. The van der Waals surface area contributed by atoms with Crippen LogP contribution in [-0.4, -0.2) is 36.7 Å². The zero-order chi connectivity index (χ0) is 24.5. The molecule has 178 valence electrons. The summed E-state index contributed by atoms with van der Waals surface area (Å²) in [6.07, 6.45) is 0. The van der Waals surface area contributed by atoms with E-state index in [1.807, 2.05) is 48.5 Å². The fourth-order valence-corrected chi connectivity index (χ4v) is 4.20. The molecule has 5 aromatic rings. The van der Waals surface area contributed by atoms with Crippen LogP contribution in [0.5, 0.6) is 11.5 Å². The molecule has 0 spiro atoms. The smallest absolute Gasteiger partial charge is 0.339 e. The lowest BCUT2D eigenvalue weighted by molar-refractivity contribution is -0.119. The predicted molar refractivity (Wildman–Crippen MR) is 133 cm³/mol. The molecule has 0 fully saturated rings. The van der Waals surface area contributed by atoms with Gasteiger partial charge in [0.1, 0.15) is 18.7 Å². The number of aromatic nitrogens is 1. The van der Waals surface area contributed by atoms with Crippen LogP contribution in [0.2, 0.25) is 0 Å². The number of benzene rings is 4. The van der Waals surface area contributed by atoms with Gasteiger partial charge in [-0.05, 0) is 41.8 Å². The summed E-state index contributed by atoms with van der Waals surface area (Å²) >= 11 is 0. The standard InChI is InChI=1S/C28H20N2O6/c31-25(29-18-11-12-23-24(15-18)34-14-13-33-23)16-35-28(32)20-8-4-6-17-5-3-7-19(26(17)20)27-30-21-9-1-2-10-22(21)36-27/h1-12,15H,13-14,16H2,(H,29,31). The Hall–Kier alpha value is -4.85. The third-order valence-electron chi connectivity index (χ3n) is 5.81. The Bertz CT molecular complexity index is 1590. The van der Waals surface area contributed by atoms with Crippen LogP contribution in [-0.2, 0) is 9.53 Å². The van der Waals surface area contributed by atoms with E-state index in [9.17, 15) is 9.59 Å². The zero-order valence-corrected chi connectivity index (χ0v) is 19.0. The summed E-state index contributed by atoms with van der Waals surface area (Å²) < 4.78 is 22.4. The molecule has 1 amide bonds. The molecule has 1 aliphatic heterocycles. The minimum Gasteiger partial charge on any atom is -0.486 e. The van der Waals surface area contributed by atoms with Crippen LogP contribution in [0.25, 0.3) is 33.3 Å². The highest BCUT2D eigenvalue weighted by molar-refractivity contribution is 6.10. The van der Waals surface area contributed by atoms with Gasteiger partial charge in [-0.1, -0.05) is 36.4 Å². The Morgan fingerprint density at radius 1 is 0.889 bits per heavy atom. The number of para-hydroxylation sites is 2. The lowest BCUT2D eigenvalue weighted by Crippen LogP contribution is -2.21. The maximum Gasteiger partial charge on any atom is 0.339 e. The van der Waals surface area contributed by atoms with Gasteiger partial charge in [-0.15, -0.1) is 0 Å². The molecular weight excluding hydrogens is 460 g/mol. The van der Waals surface area contributed by atoms with Crippen LogP contribution in [0, 0.1) is 0 Å². The van der Waals surface area contributed by atoms with Crippen LogP contribution >= 0.6 is 0 Å². The van der Waals surface area contributed by atoms with E-state index < -0.39 is 18.5 Å². The molecule has 0 bridgehead atoms. The van der Waals surface area contributed by atoms with Gasteiger partial charge in [0.25, 0.3) is 5.91 Å². The van der Waals surface area contributed by atoms with Crippen LogP contribution < -0.4 is 14.8 Å². The molecule has 1 aromatic heterocycles. The lowest BCUT2D eigenvalue weighted by atomic mass is 9.99. The summed E-state index contributed by atoms with van der Waals surface area (Å²) in [7, 11) is 0. The number of ether oxygens (including phenoxy) is 3. The summed E-state index contributed by atoms with van der Waals surface area (Å²) in [6, 6.07) is 23.5. The van der Waals surface area contributed by atoms with Crippen LogP contribution in [0.1, 0.15) is 10.4 Å². The van der Waals surface area contributed by atoms with Crippen molar-refractivity contribution < 1.29 is 28.2 Å². The topological polar surface area (TPSA) is 99.9 Å². The average molecular weight is 480 g/mol. The first kappa shape index (κ1) is 21.7.